The normalized spacial score (nSPS) is 11.3. The van der Waals surface area contributed by atoms with E-state index in [-0.39, 0.29) is 46.8 Å². The molecule has 0 amide bonds. The number of H-pyrrole nitrogens is 1. The molecule has 3 aromatic rings. The molecule has 8 heteroatoms. The Morgan fingerprint density at radius 1 is 1.06 bits per heavy atom. The van der Waals surface area contributed by atoms with Crippen molar-refractivity contribution < 1.29 is 28.2 Å². The molecule has 0 saturated heterocycles. The molecule has 168 valence electrons. The van der Waals surface area contributed by atoms with Crippen LogP contribution in [-0.4, -0.2) is 41.5 Å². The Bertz CT molecular complexity index is 1160. The summed E-state index contributed by atoms with van der Waals surface area (Å²) in [6, 6.07) is 10.8. The van der Waals surface area contributed by atoms with Gasteiger partial charge in [-0.3, -0.25) is 4.79 Å². The molecule has 0 saturated carbocycles. The average molecular weight is 440 g/mol. The van der Waals surface area contributed by atoms with Crippen molar-refractivity contribution in [3.63, 3.8) is 0 Å². The standard InChI is InChI=1S/C24H25FN2O5/c1-5-31-23(30)21-20(26-13-18(28)14-9-7-6-8-10-14)19-16(22(29)32-24(2,3)4)11-15(25)12-17(19)27-21/h6-12,26-27H,5,13H2,1-4H3. The molecule has 1 aromatic heterocycles. The van der Waals surface area contributed by atoms with E-state index in [9.17, 15) is 18.8 Å². The lowest BCUT2D eigenvalue weighted by Gasteiger charge is -2.20. The predicted octanol–water partition coefficient (Wildman–Crippen LogP) is 4.73. The Morgan fingerprint density at radius 2 is 1.75 bits per heavy atom. The molecule has 32 heavy (non-hydrogen) atoms. The molecule has 2 N–H and O–H groups in total. The first-order valence-electron chi connectivity index (χ1n) is 10.2. The number of esters is 2. The molecule has 2 aromatic carbocycles. The highest BCUT2D eigenvalue weighted by atomic mass is 19.1. The minimum atomic E-state index is -0.813. The van der Waals surface area contributed by atoms with Crippen molar-refractivity contribution in [2.24, 2.45) is 0 Å². The summed E-state index contributed by atoms with van der Waals surface area (Å²) >= 11 is 0. The molecule has 7 nitrogen and oxygen atoms in total. The first-order valence-corrected chi connectivity index (χ1v) is 10.2. The summed E-state index contributed by atoms with van der Waals surface area (Å²) in [4.78, 5) is 40.8. The average Bonchev–Trinajstić information content (AvgIpc) is 3.09. The number of hydrogen-bond donors (Lipinski definition) is 2. The van der Waals surface area contributed by atoms with Crippen molar-refractivity contribution in [2.45, 2.75) is 33.3 Å². The first-order chi connectivity index (χ1) is 15.1. The maximum Gasteiger partial charge on any atom is 0.356 e. The van der Waals surface area contributed by atoms with Gasteiger partial charge in [-0.25, -0.2) is 14.0 Å². The van der Waals surface area contributed by atoms with E-state index in [0.717, 1.165) is 12.1 Å². The van der Waals surface area contributed by atoms with E-state index < -0.39 is 23.4 Å². The van der Waals surface area contributed by atoms with Gasteiger partial charge in [0.25, 0.3) is 0 Å². The van der Waals surface area contributed by atoms with Crippen LogP contribution >= 0.6 is 0 Å². The molecule has 0 aliphatic heterocycles. The molecule has 0 unspecified atom stereocenters. The fourth-order valence-electron chi connectivity index (χ4n) is 3.22. The van der Waals surface area contributed by atoms with Crippen LogP contribution < -0.4 is 5.32 Å². The number of hydrogen-bond acceptors (Lipinski definition) is 6. The van der Waals surface area contributed by atoms with Crippen molar-refractivity contribution in [1.82, 2.24) is 4.98 Å². The Hall–Kier alpha value is -3.68. The zero-order valence-corrected chi connectivity index (χ0v) is 18.4. The van der Waals surface area contributed by atoms with Crippen LogP contribution in [0.3, 0.4) is 0 Å². The van der Waals surface area contributed by atoms with Gasteiger partial charge in [-0.15, -0.1) is 0 Å². The van der Waals surface area contributed by atoms with Crippen molar-refractivity contribution >= 4 is 34.3 Å². The predicted molar refractivity (Wildman–Crippen MR) is 119 cm³/mol. The van der Waals surface area contributed by atoms with E-state index in [2.05, 4.69) is 10.3 Å². The molecular weight excluding hydrogens is 415 g/mol. The van der Waals surface area contributed by atoms with Crippen LogP contribution in [-0.2, 0) is 9.47 Å². The smallest absolute Gasteiger partial charge is 0.356 e. The number of aromatic nitrogens is 1. The largest absolute Gasteiger partial charge is 0.461 e. The fourth-order valence-corrected chi connectivity index (χ4v) is 3.22. The van der Waals surface area contributed by atoms with E-state index in [1.165, 1.54) is 0 Å². The zero-order chi connectivity index (χ0) is 23.5. The molecule has 0 aliphatic rings. The van der Waals surface area contributed by atoms with Crippen LogP contribution in [0.4, 0.5) is 10.1 Å². The molecule has 0 atom stereocenters. The summed E-state index contributed by atoms with van der Waals surface area (Å²) in [6.45, 7) is 6.69. The lowest BCUT2D eigenvalue weighted by molar-refractivity contribution is 0.00710. The maximum absolute atomic E-state index is 14.3. The number of aromatic amines is 1. The summed E-state index contributed by atoms with van der Waals surface area (Å²) in [6.07, 6.45) is 0. The number of carbonyl (C=O) groups is 3. The monoisotopic (exact) mass is 440 g/mol. The number of benzene rings is 2. The maximum atomic E-state index is 14.3. The highest BCUT2D eigenvalue weighted by Crippen LogP contribution is 2.33. The van der Waals surface area contributed by atoms with Crippen molar-refractivity contribution in [3.8, 4) is 0 Å². The van der Waals surface area contributed by atoms with E-state index in [0.29, 0.717) is 5.56 Å². The van der Waals surface area contributed by atoms with Gasteiger partial charge in [0.05, 0.1) is 29.9 Å². The minimum Gasteiger partial charge on any atom is -0.461 e. The van der Waals surface area contributed by atoms with Gasteiger partial charge in [-0.2, -0.15) is 0 Å². The zero-order valence-electron chi connectivity index (χ0n) is 18.4. The third-order valence-electron chi connectivity index (χ3n) is 4.48. The summed E-state index contributed by atoms with van der Waals surface area (Å²) in [7, 11) is 0. The van der Waals surface area contributed by atoms with E-state index in [4.69, 9.17) is 9.47 Å². The van der Waals surface area contributed by atoms with Crippen molar-refractivity contribution in [2.75, 3.05) is 18.5 Å². The van der Waals surface area contributed by atoms with Crippen LogP contribution in [0.15, 0.2) is 42.5 Å². The quantitative estimate of drug-likeness (QED) is 0.407. The Balaban J connectivity index is 2.10. The highest BCUT2D eigenvalue weighted by molar-refractivity contribution is 6.15. The lowest BCUT2D eigenvalue weighted by atomic mass is 10.1. The highest BCUT2D eigenvalue weighted by Gasteiger charge is 2.27. The Labute approximate surface area is 184 Å². The fraction of sp³-hybridized carbons (Fsp3) is 0.292. The number of nitrogens with one attached hydrogen (secondary N) is 2. The molecular formula is C24H25FN2O5. The second-order valence-electron chi connectivity index (χ2n) is 8.12. The second-order valence-corrected chi connectivity index (χ2v) is 8.12. The number of anilines is 1. The molecule has 0 aliphatic carbocycles. The topological polar surface area (TPSA) is 97.5 Å². The van der Waals surface area contributed by atoms with Crippen molar-refractivity contribution in [3.05, 3.63) is 65.1 Å². The van der Waals surface area contributed by atoms with Gasteiger partial charge >= 0.3 is 11.9 Å². The molecule has 0 radical (unpaired) electrons. The van der Waals surface area contributed by atoms with E-state index >= 15 is 0 Å². The number of rotatable bonds is 7. The van der Waals surface area contributed by atoms with Gasteiger partial charge in [0.2, 0.25) is 0 Å². The summed E-state index contributed by atoms with van der Waals surface area (Å²) < 4.78 is 24.8. The van der Waals surface area contributed by atoms with Gasteiger partial charge in [-0.05, 0) is 39.8 Å². The summed E-state index contributed by atoms with van der Waals surface area (Å²) in [5, 5.41) is 3.18. The molecule has 0 fully saturated rings. The summed E-state index contributed by atoms with van der Waals surface area (Å²) in [5.41, 5.74) is -0.0510. The number of ketones is 1. The van der Waals surface area contributed by atoms with E-state index in [1.54, 1.807) is 58.0 Å². The van der Waals surface area contributed by atoms with Crippen molar-refractivity contribution in [1.29, 1.82) is 0 Å². The van der Waals surface area contributed by atoms with Gasteiger partial charge in [0.1, 0.15) is 17.1 Å². The number of ether oxygens (including phenoxy) is 2. The molecule has 0 bridgehead atoms. The van der Waals surface area contributed by atoms with Crippen LogP contribution in [0, 0.1) is 5.82 Å². The SMILES string of the molecule is CCOC(=O)c1[nH]c2cc(F)cc(C(=O)OC(C)(C)C)c2c1NCC(=O)c1ccccc1. The Morgan fingerprint density at radius 3 is 2.38 bits per heavy atom. The minimum absolute atomic E-state index is 0.0156. The molecule has 0 spiro atoms. The van der Waals surface area contributed by atoms with Crippen LogP contribution in [0.25, 0.3) is 10.9 Å². The second kappa shape index (κ2) is 9.21. The van der Waals surface area contributed by atoms with Gasteiger partial charge in [-0.1, -0.05) is 30.3 Å². The van der Waals surface area contributed by atoms with Gasteiger partial charge in [0, 0.05) is 10.9 Å². The number of carbonyl (C=O) groups excluding carboxylic acids is 3. The molecule has 1 heterocycles. The van der Waals surface area contributed by atoms with Crippen LogP contribution in [0.5, 0.6) is 0 Å². The third-order valence-corrected chi connectivity index (χ3v) is 4.48. The van der Waals surface area contributed by atoms with Crippen LogP contribution in [0.2, 0.25) is 0 Å². The number of Topliss-reactive ketones (excluding diaryl/α,β-unsaturated/α-hetero) is 1. The van der Waals surface area contributed by atoms with Crippen LogP contribution in [0.1, 0.15) is 58.9 Å². The third kappa shape index (κ3) is 5.14. The molecule has 3 rings (SSSR count). The number of fused-ring (bicyclic) bond motifs is 1. The Kier molecular flexibility index (Phi) is 6.62. The summed E-state index contributed by atoms with van der Waals surface area (Å²) in [5.74, 6) is -2.36. The van der Waals surface area contributed by atoms with Gasteiger partial charge in [0.15, 0.2) is 5.78 Å². The van der Waals surface area contributed by atoms with Gasteiger partial charge < -0.3 is 19.8 Å². The lowest BCUT2D eigenvalue weighted by Crippen LogP contribution is -2.24. The van der Waals surface area contributed by atoms with E-state index in [1.807, 2.05) is 0 Å². The number of halogens is 1. The first kappa shape index (κ1) is 23.0.